The van der Waals surface area contributed by atoms with Crippen LogP contribution in [0.25, 0.3) is 0 Å². The van der Waals surface area contributed by atoms with E-state index in [9.17, 15) is 0 Å². The fraction of sp³-hybridized carbons (Fsp3) is 0.500. The van der Waals surface area contributed by atoms with Crippen LogP contribution in [-0.4, -0.2) is 25.8 Å². The van der Waals surface area contributed by atoms with Crippen LogP contribution >= 0.6 is 0 Å². The maximum Gasteiger partial charge on any atom is 0.0643 e. The molecular formula is C12H17NO. The van der Waals surface area contributed by atoms with Crippen molar-refractivity contribution < 1.29 is 4.74 Å². The van der Waals surface area contributed by atoms with Gasteiger partial charge in [-0.25, -0.2) is 0 Å². The van der Waals surface area contributed by atoms with Crippen molar-refractivity contribution in [2.24, 2.45) is 0 Å². The Morgan fingerprint density at radius 2 is 2.14 bits per heavy atom. The summed E-state index contributed by atoms with van der Waals surface area (Å²) in [6, 6.07) is 9.16. The number of hydrogen-bond acceptors (Lipinski definition) is 2. The molecule has 1 aromatic carbocycles. The van der Waals surface area contributed by atoms with E-state index in [1.165, 1.54) is 11.1 Å². The minimum atomic E-state index is 0.596. The molecule has 14 heavy (non-hydrogen) atoms. The number of nitrogens with one attached hydrogen (secondary N) is 1. The Labute approximate surface area is 85.3 Å². The van der Waals surface area contributed by atoms with Gasteiger partial charge in [0.2, 0.25) is 0 Å². The average Bonchev–Trinajstić information content (AvgIpc) is 2.12. The van der Waals surface area contributed by atoms with E-state index in [1.54, 1.807) is 0 Å². The van der Waals surface area contributed by atoms with Crippen LogP contribution in [0, 0.1) is 6.92 Å². The molecule has 0 bridgehead atoms. The van der Waals surface area contributed by atoms with Crippen LogP contribution in [0.5, 0.6) is 0 Å². The highest BCUT2D eigenvalue weighted by Crippen LogP contribution is 2.07. The van der Waals surface area contributed by atoms with Gasteiger partial charge in [0.05, 0.1) is 19.3 Å². The topological polar surface area (TPSA) is 21.3 Å². The molecular weight excluding hydrogens is 174 g/mol. The van der Waals surface area contributed by atoms with Gasteiger partial charge in [0.25, 0.3) is 0 Å². The van der Waals surface area contributed by atoms with Crippen molar-refractivity contribution >= 4 is 0 Å². The van der Waals surface area contributed by atoms with Crippen LogP contribution in [-0.2, 0) is 11.2 Å². The Bertz CT molecular complexity index is 294. The van der Waals surface area contributed by atoms with Crippen molar-refractivity contribution in [1.82, 2.24) is 5.32 Å². The second-order valence-electron chi connectivity index (χ2n) is 3.86. The molecule has 1 aromatic rings. The van der Waals surface area contributed by atoms with Gasteiger partial charge >= 0.3 is 0 Å². The van der Waals surface area contributed by atoms with Crippen molar-refractivity contribution in [3.63, 3.8) is 0 Å². The van der Waals surface area contributed by atoms with Crippen LogP contribution in [0.1, 0.15) is 11.1 Å². The van der Waals surface area contributed by atoms with E-state index >= 15 is 0 Å². The van der Waals surface area contributed by atoms with Crippen molar-refractivity contribution in [2.45, 2.75) is 19.4 Å². The summed E-state index contributed by atoms with van der Waals surface area (Å²) in [5.41, 5.74) is 2.83. The molecule has 0 saturated carbocycles. The largest absolute Gasteiger partial charge is 0.378 e. The van der Waals surface area contributed by atoms with Gasteiger partial charge in [0, 0.05) is 0 Å². The Morgan fingerprint density at radius 1 is 1.36 bits per heavy atom. The fourth-order valence-corrected chi connectivity index (χ4v) is 1.66. The zero-order valence-electron chi connectivity index (χ0n) is 8.62. The lowest BCUT2D eigenvalue weighted by Crippen LogP contribution is -2.46. The highest BCUT2D eigenvalue weighted by molar-refractivity contribution is 5.25. The minimum absolute atomic E-state index is 0.596. The molecule has 1 saturated heterocycles. The molecule has 2 heteroatoms. The zero-order chi connectivity index (χ0) is 9.80. The molecule has 0 radical (unpaired) electrons. The van der Waals surface area contributed by atoms with Crippen LogP contribution < -0.4 is 5.32 Å². The molecule has 76 valence electrons. The molecule has 0 aromatic heterocycles. The summed E-state index contributed by atoms with van der Waals surface area (Å²) < 4.78 is 5.10. The van der Waals surface area contributed by atoms with E-state index in [0.717, 1.165) is 26.2 Å². The molecule has 1 aliphatic rings. The standard InChI is InChI=1S/C12H17NO/c1-10-4-2-3-5-11(10)6-7-13-12-8-14-9-12/h2-5,12-13H,6-9H2,1H3. The Kier molecular flexibility index (Phi) is 3.17. The first-order chi connectivity index (χ1) is 6.86. The van der Waals surface area contributed by atoms with Gasteiger partial charge in [-0.15, -0.1) is 0 Å². The third-order valence-corrected chi connectivity index (χ3v) is 2.73. The third kappa shape index (κ3) is 2.34. The molecule has 1 aliphatic heterocycles. The van der Waals surface area contributed by atoms with Gasteiger partial charge in [-0.05, 0) is 31.0 Å². The van der Waals surface area contributed by atoms with E-state index < -0.39 is 0 Å². The third-order valence-electron chi connectivity index (χ3n) is 2.73. The summed E-state index contributed by atoms with van der Waals surface area (Å²) in [6.45, 7) is 4.99. The first-order valence-electron chi connectivity index (χ1n) is 5.22. The lowest BCUT2D eigenvalue weighted by Gasteiger charge is -2.27. The molecule has 0 atom stereocenters. The number of aryl methyl sites for hydroxylation is 1. The summed E-state index contributed by atoms with van der Waals surface area (Å²) in [7, 11) is 0. The molecule has 0 unspecified atom stereocenters. The summed E-state index contributed by atoms with van der Waals surface area (Å²) in [5, 5.41) is 3.47. The van der Waals surface area contributed by atoms with Gasteiger partial charge in [0.1, 0.15) is 0 Å². The summed E-state index contributed by atoms with van der Waals surface area (Å²) in [4.78, 5) is 0. The molecule has 0 aliphatic carbocycles. The predicted molar refractivity (Wildman–Crippen MR) is 57.5 cm³/mol. The number of rotatable bonds is 4. The Balaban J connectivity index is 1.76. The first-order valence-corrected chi connectivity index (χ1v) is 5.22. The number of benzene rings is 1. The number of hydrogen-bond donors (Lipinski definition) is 1. The van der Waals surface area contributed by atoms with E-state index in [0.29, 0.717) is 6.04 Å². The molecule has 0 amide bonds. The van der Waals surface area contributed by atoms with Crippen molar-refractivity contribution in [1.29, 1.82) is 0 Å². The van der Waals surface area contributed by atoms with E-state index in [4.69, 9.17) is 4.74 Å². The maximum absolute atomic E-state index is 5.10. The van der Waals surface area contributed by atoms with Gasteiger partial charge in [0.15, 0.2) is 0 Å². The summed E-state index contributed by atoms with van der Waals surface area (Å²) in [6.07, 6.45) is 1.11. The highest BCUT2D eigenvalue weighted by Gasteiger charge is 2.16. The Hall–Kier alpha value is -0.860. The van der Waals surface area contributed by atoms with Gasteiger partial charge < -0.3 is 10.1 Å². The summed E-state index contributed by atoms with van der Waals surface area (Å²) >= 11 is 0. The second kappa shape index (κ2) is 4.58. The maximum atomic E-state index is 5.10. The van der Waals surface area contributed by atoms with Crippen molar-refractivity contribution in [3.05, 3.63) is 35.4 Å². The smallest absolute Gasteiger partial charge is 0.0643 e. The van der Waals surface area contributed by atoms with Crippen molar-refractivity contribution in [3.8, 4) is 0 Å². The Morgan fingerprint density at radius 3 is 2.79 bits per heavy atom. The lowest BCUT2D eigenvalue weighted by atomic mass is 10.1. The monoisotopic (exact) mass is 191 g/mol. The predicted octanol–water partition coefficient (Wildman–Crippen LogP) is 1.53. The second-order valence-corrected chi connectivity index (χ2v) is 3.86. The first kappa shape index (κ1) is 9.69. The molecule has 2 rings (SSSR count). The number of ether oxygens (including phenoxy) is 1. The van der Waals surface area contributed by atoms with Crippen LogP contribution in [0.3, 0.4) is 0 Å². The SMILES string of the molecule is Cc1ccccc1CCNC1COC1. The molecule has 0 spiro atoms. The molecule has 1 heterocycles. The molecule has 2 nitrogen and oxygen atoms in total. The normalized spacial score (nSPS) is 16.6. The average molecular weight is 191 g/mol. The van der Waals surface area contributed by atoms with Crippen LogP contribution in [0.4, 0.5) is 0 Å². The zero-order valence-corrected chi connectivity index (χ0v) is 8.62. The van der Waals surface area contributed by atoms with Gasteiger partial charge in [-0.2, -0.15) is 0 Å². The highest BCUT2D eigenvalue weighted by atomic mass is 16.5. The van der Waals surface area contributed by atoms with E-state index in [1.807, 2.05) is 0 Å². The van der Waals surface area contributed by atoms with Crippen LogP contribution in [0.15, 0.2) is 24.3 Å². The van der Waals surface area contributed by atoms with E-state index in [-0.39, 0.29) is 0 Å². The lowest BCUT2D eigenvalue weighted by molar-refractivity contribution is -0.00467. The molecule has 1 fully saturated rings. The van der Waals surface area contributed by atoms with E-state index in [2.05, 4.69) is 36.5 Å². The van der Waals surface area contributed by atoms with Crippen LogP contribution in [0.2, 0.25) is 0 Å². The van der Waals surface area contributed by atoms with Crippen molar-refractivity contribution in [2.75, 3.05) is 19.8 Å². The van der Waals surface area contributed by atoms with Gasteiger partial charge in [-0.3, -0.25) is 0 Å². The quantitative estimate of drug-likeness (QED) is 0.779. The summed E-state index contributed by atoms with van der Waals surface area (Å²) in [5.74, 6) is 0. The minimum Gasteiger partial charge on any atom is -0.378 e. The fourth-order valence-electron chi connectivity index (χ4n) is 1.66. The molecule has 1 N–H and O–H groups in total. The van der Waals surface area contributed by atoms with Gasteiger partial charge in [-0.1, -0.05) is 24.3 Å².